The molecular weight excluding hydrogens is 464 g/mol. The fourth-order valence-corrected chi connectivity index (χ4v) is 5.29. The molecule has 0 saturated carbocycles. The van der Waals surface area contributed by atoms with Crippen molar-refractivity contribution >= 4 is 23.7 Å². The fourth-order valence-electron chi connectivity index (χ4n) is 4.10. The van der Waals surface area contributed by atoms with Gasteiger partial charge in [0, 0.05) is 19.2 Å². The lowest BCUT2D eigenvalue weighted by Crippen LogP contribution is -2.22. The highest BCUT2D eigenvalue weighted by molar-refractivity contribution is 8.00. The number of unbranched alkanes of at least 4 members (excludes halogenated alkanes) is 10. The number of aliphatic carboxylic acids is 2. The molecule has 0 aliphatic rings. The summed E-state index contributed by atoms with van der Waals surface area (Å²) in [5.41, 5.74) is 1.65. The van der Waals surface area contributed by atoms with Crippen molar-refractivity contribution in [3.8, 4) is 0 Å². The molecule has 1 heterocycles. The van der Waals surface area contributed by atoms with E-state index in [1.54, 1.807) is 0 Å². The minimum atomic E-state index is -0.925. The number of hydrogen-bond acceptors (Lipinski definition) is 5. The lowest BCUT2D eigenvalue weighted by Gasteiger charge is -2.19. The highest BCUT2D eigenvalue weighted by Crippen LogP contribution is 2.29. The minimum absolute atomic E-state index is 0.0356. The number of carbonyl (C=O) groups is 2. The molecule has 8 heteroatoms. The van der Waals surface area contributed by atoms with E-state index in [0.29, 0.717) is 11.6 Å². The van der Waals surface area contributed by atoms with Crippen LogP contribution in [0.25, 0.3) is 0 Å². The standard InChI is InChI=1S/C27H46N2O5S/c1-4-5-6-7-8-9-10-11-12-13-14-15-16-24(23(30)18-20-26(33)34)35-27-28-21(2)22(29(27)3)17-19-25(31)32/h15-16,23-24,30H,4-14,17-20H2,1-3H3,(H,31,32)(H,33,34). The SMILES string of the molecule is CCCCCCCCCCCCC=CC(Sc1nc(C)c(CCC(=O)O)n1C)C(O)CCC(=O)O. The zero-order valence-corrected chi connectivity index (χ0v) is 22.7. The maximum atomic E-state index is 11.0. The van der Waals surface area contributed by atoms with Gasteiger partial charge in [-0.3, -0.25) is 9.59 Å². The second-order valence-corrected chi connectivity index (χ2v) is 10.5. The van der Waals surface area contributed by atoms with Crippen LogP contribution in [0.4, 0.5) is 0 Å². The first-order valence-corrected chi connectivity index (χ1v) is 14.1. The molecule has 1 aromatic heterocycles. The molecule has 0 aliphatic heterocycles. The van der Waals surface area contributed by atoms with E-state index in [2.05, 4.69) is 18.0 Å². The number of rotatable bonds is 21. The van der Waals surface area contributed by atoms with Crippen LogP contribution in [0.15, 0.2) is 17.3 Å². The van der Waals surface area contributed by atoms with E-state index in [1.165, 1.54) is 69.5 Å². The number of carboxylic acids is 2. The summed E-state index contributed by atoms with van der Waals surface area (Å²) in [7, 11) is 1.85. The van der Waals surface area contributed by atoms with Crippen LogP contribution >= 0.6 is 11.8 Å². The zero-order chi connectivity index (χ0) is 26.1. The van der Waals surface area contributed by atoms with Gasteiger partial charge in [0.15, 0.2) is 5.16 Å². The molecule has 200 valence electrons. The van der Waals surface area contributed by atoms with Crippen LogP contribution in [0.3, 0.4) is 0 Å². The maximum absolute atomic E-state index is 11.0. The Morgan fingerprint density at radius 1 is 0.971 bits per heavy atom. The van der Waals surface area contributed by atoms with Gasteiger partial charge in [0.1, 0.15) is 0 Å². The van der Waals surface area contributed by atoms with Crippen LogP contribution in [-0.4, -0.2) is 48.2 Å². The summed E-state index contributed by atoms with van der Waals surface area (Å²) in [6.07, 6.45) is 17.6. The summed E-state index contributed by atoms with van der Waals surface area (Å²) >= 11 is 1.40. The Bertz CT molecular complexity index is 778. The van der Waals surface area contributed by atoms with Crippen molar-refractivity contribution in [2.45, 2.75) is 127 Å². The minimum Gasteiger partial charge on any atom is -0.481 e. The Kier molecular flexibility index (Phi) is 16.5. The molecule has 2 atom stereocenters. The number of carboxylic acid groups (broad SMARTS) is 2. The molecule has 3 N–H and O–H groups in total. The highest BCUT2D eigenvalue weighted by atomic mass is 32.2. The average Bonchev–Trinajstić information content (AvgIpc) is 3.07. The number of thioether (sulfide) groups is 1. The van der Waals surface area contributed by atoms with Crippen molar-refractivity contribution in [3.05, 3.63) is 23.5 Å². The normalized spacial score (nSPS) is 13.4. The fraction of sp³-hybridized carbons (Fsp3) is 0.741. The van der Waals surface area contributed by atoms with Crippen molar-refractivity contribution in [3.63, 3.8) is 0 Å². The van der Waals surface area contributed by atoms with Gasteiger partial charge in [-0.2, -0.15) is 0 Å². The number of aromatic nitrogens is 2. The van der Waals surface area contributed by atoms with Crippen molar-refractivity contribution in [2.75, 3.05) is 0 Å². The first-order chi connectivity index (χ1) is 16.8. The van der Waals surface area contributed by atoms with Gasteiger partial charge < -0.3 is 19.9 Å². The van der Waals surface area contributed by atoms with Crippen LogP contribution in [0.2, 0.25) is 0 Å². The van der Waals surface area contributed by atoms with Crippen LogP contribution in [0.5, 0.6) is 0 Å². The second kappa shape index (κ2) is 18.5. The molecule has 35 heavy (non-hydrogen) atoms. The van der Waals surface area contributed by atoms with Crippen LogP contribution in [-0.2, 0) is 23.1 Å². The quantitative estimate of drug-likeness (QED) is 0.101. The summed E-state index contributed by atoms with van der Waals surface area (Å²) in [5.74, 6) is -1.78. The monoisotopic (exact) mass is 510 g/mol. The number of imidazole rings is 1. The van der Waals surface area contributed by atoms with Crippen molar-refractivity contribution < 1.29 is 24.9 Å². The smallest absolute Gasteiger partial charge is 0.303 e. The molecule has 0 bridgehead atoms. The van der Waals surface area contributed by atoms with Gasteiger partial charge in [-0.25, -0.2) is 4.98 Å². The largest absolute Gasteiger partial charge is 0.481 e. The Morgan fingerprint density at radius 3 is 2.11 bits per heavy atom. The molecule has 0 fully saturated rings. The van der Waals surface area contributed by atoms with Crippen molar-refractivity contribution in [1.82, 2.24) is 9.55 Å². The molecule has 2 unspecified atom stereocenters. The van der Waals surface area contributed by atoms with E-state index >= 15 is 0 Å². The summed E-state index contributed by atoms with van der Waals surface area (Å²) in [5, 5.41) is 29.1. The summed E-state index contributed by atoms with van der Waals surface area (Å²) in [4.78, 5) is 26.5. The van der Waals surface area contributed by atoms with Crippen LogP contribution < -0.4 is 0 Å². The number of allylic oxidation sites excluding steroid dienone is 1. The third kappa shape index (κ3) is 13.8. The van der Waals surface area contributed by atoms with Crippen molar-refractivity contribution in [1.29, 1.82) is 0 Å². The molecule has 7 nitrogen and oxygen atoms in total. The highest BCUT2D eigenvalue weighted by Gasteiger charge is 2.22. The molecule has 0 saturated heterocycles. The maximum Gasteiger partial charge on any atom is 0.303 e. The number of hydrogen-bond donors (Lipinski definition) is 3. The third-order valence-electron chi connectivity index (χ3n) is 6.27. The molecule has 1 aromatic rings. The molecule has 0 aromatic carbocycles. The summed E-state index contributed by atoms with van der Waals surface area (Å²) < 4.78 is 1.88. The van der Waals surface area contributed by atoms with Crippen molar-refractivity contribution in [2.24, 2.45) is 7.05 Å². The van der Waals surface area contributed by atoms with E-state index < -0.39 is 18.0 Å². The van der Waals surface area contributed by atoms with E-state index in [4.69, 9.17) is 10.2 Å². The van der Waals surface area contributed by atoms with Gasteiger partial charge in [-0.1, -0.05) is 88.6 Å². The van der Waals surface area contributed by atoms with E-state index in [0.717, 1.165) is 24.2 Å². The third-order valence-corrected chi connectivity index (χ3v) is 7.59. The lowest BCUT2D eigenvalue weighted by molar-refractivity contribution is -0.138. The molecular formula is C27H46N2O5S. The number of aryl methyl sites for hydroxylation is 1. The molecule has 0 spiro atoms. The second-order valence-electron chi connectivity index (χ2n) is 9.36. The van der Waals surface area contributed by atoms with Crippen LogP contribution in [0, 0.1) is 6.92 Å². The molecule has 1 rings (SSSR count). The van der Waals surface area contributed by atoms with E-state index in [1.807, 2.05) is 24.6 Å². The summed E-state index contributed by atoms with van der Waals surface area (Å²) in [6, 6.07) is 0. The van der Waals surface area contributed by atoms with Gasteiger partial charge in [0.2, 0.25) is 0 Å². The van der Waals surface area contributed by atoms with Gasteiger partial charge in [0.25, 0.3) is 0 Å². The Balaban J connectivity index is 2.58. The Hall–Kier alpha value is -1.80. The molecule has 0 radical (unpaired) electrons. The van der Waals surface area contributed by atoms with E-state index in [9.17, 15) is 14.7 Å². The first kappa shape index (κ1) is 31.2. The predicted octanol–water partition coefficient (Wildman–Crippen LogP) is 6.30. The Labute approximate surface area is 215 Å². The van der Waals surface area contributed by atoms with Gasteiger partial charge in [-0.15, -0.1) is 0 Å². The van der Waals surface area contributed by atoms with Crippen LogP contribution in [0.1, 0.15) is 108 Å². The van der Waals surface area contributed by atoms with Gasteiger partial charge in [-0.05, 0) is 32.6 Å². The average molecular weight is 511 g/mol. The molecule has 0 amide bonds. The van der Waals surface area contributed by atoms with E-state index in [-0.39, 0.29) is 24.5 Å². The number of nitrogens with zero attached hydrogens (tertiary/aromatic N) is 2. The summed E-state index contributed by atoms with van der Waals surface area (Å²) in [6.45, 7) is 4.10. The zero-order valence-electron chi connectivity index (χ0n) is 21.9. The van der Waals surface area contributed by atoms with Gasteiger partial charge in [0.05, 0.1) is 23.5 Å². The number of aliphatic hydroxyl groups is 1. The van der Waals surface area contributed by atoms with Gasteiger partial charge >= 0.3 is 11.9 Å². The number of aliphatic hydroxyl groups excluding tert-OH is 1. The Morgan fingerprint density at radius 2 is 1.54 bits per heavy atom. The first-order valence-electron chi connectivity index (χ1n) is 13.2. The lowest BCUT2D eigenvalue weighted by atomic mass is 10.1. The topological polar surface area (TPSA) is 113 Å². The molecule has 0 aliphatic carbocycles. The predicted molar refractivity (Wildman–Crippen MR) is 142 cm³/mol.